The molecule has 0 fully saturated rings. The van der Waals surface area contributed by atoms with Gasteiger partial charge in [0.15, 0.2) is 0 Å². The molecule has 2 heterocycles. The number of furan rings is 1. The first-order chi connectivity index (χ1) is 8.20. The molecule has 0 N–H and O–H groups in total. The summed E-state index contributed by atoms with van der Waals surface area (Å²) in [6, 6.07) is 7.38. The fourth-order valence-electron chi connectivity index (χ4n) is 1.68. The van der Waals surface area contributed by atoms with Crippen molar-refractivity contribution in [1.82, 2.24) is 4.57 Å². The Labute approximate surface area is 99.8 Å². The van der Waals surface area contributed by atoms with Crippen LogP contribution >= 0.6 is 0 Å². The van der Waals surface area contributed by atoms with Crippen LogP contribution < -0.4 is 0 Å². The molecule has 0 bridgehead atoms. The highest BCUT2D eigenvalue weighted by atomic mass is 16.5. The molecular weight excluding hydrogens is 218 g/mol. The highest BCUT2D eigenvalue weighted by molar-refractivity contribution is 5.87. The van der Waals surface area contributed by atoms with Crippen LogP contribution in [0.25, 0.3) is 0 Å². The highest BCUT2D eigenvalue weighted by Gasteiger charge is 2.12. The summed E-state index contributed by atoms with van der Waals surface area (Å²) in [7, 11) is 0. The number of hydrogen-bond acceptors (Lipinski definition) is 3. The minimum absolute atomic E-state index is 0.305. The monoisotopic (exact) mass is 233 g/mol. The summed E-state index contributed by atoms with van der Waals surface area (Å²) in [4.78, 5) is 11.6. The third-order valence-electron chi connectivity index (χ3n) is 2.44. The molecule has 0 saturated carbocycles. The van der Waals surface area contributed by atoms with Crippen LogP contribution in [0.4, 0.5) is 0 Å². The molecule has 0 amide bonds. The van der Waals surface area contributed by atoms with Crippen molar-refractivity contribution >= 4 is 5.97 Å². The van der Waals surface area contributed by atoms with Gasteiger partial charge in [-0.1, -0.05) is 0 Å². The normalized spacial score (nSPS) is 10.5. The standard InChI is InChI=1S/C13H15NO3/c1-3-16-13(15)12-5-4-8-14(12)9-11-7-6-10(2)17-11/h4-8H,3,9H2,1-2H3. The van der Waals surface area contributed by atoms with Gasteiger partial charge in [-0.2, -0.15) is 0 Å². The van der Waals surface area contributed by atoms with E-state index < -0.39 is 0 Å². The minimum Gasteiger partial charge on any atom is -0.464 e. The van der Waals surface area contributed by atoms with Gasteiger partial charge >= 0.3 is 5.97 Å². The fourth-order valence-corrected chi connectivity index (χ4v) is 1.68. The van der Waals surface area contributed by atoms with E-state index in [4.69, 9.17) is 9.15 Å². The number of rotatable bonds is 4. The Morgan fingerprint density at radius 2 is 2.24 bits per heavy atom. The molecule has 2 rings (SSSR count). The van der Waals surface area contributed by atoms with E-state index in [0.717, 1.165) is 11.5 Å². The van der Waals surface area contributed by atoms with Crippen molar-refractivity contribution in [3.63, 3.8) is 0 Å². The third kappa shape index (κ3) is 2.58. The Morgan fingerprint density at radius 1 is 1.41 bits per heavy atom. The van der Waals surface area contributed by atoms with Crippen LogP contribution in [0.2, 0.25) is 0 Å². The lowest BCUT2D eigenvalue weighted by molar-refractivity contribution is 0.0514. The zero-order valence-corrected chi connectivity index (χ0v) is 9.97. The van der Waals surface area contributed by atoms with Gasteiger partial charge in [-0.05, 0) is 38.1 Å². The van der Waals surface area contributed by atoms with Gasteiger partial charge in [0.05, 0.1) is 13.2 Å². The molecule has 0 aliphatic carbocycles. The summed E-state index contributed by atoms with van der Waals surface area (Å²) >= 11 is 0. The number of aryl methyl sites for hydroxylation is 1. The lowest BCUT2D eigenvalue weighted by Gasteiger charge is -2.06. The molecule has 0 aliphatic heterocycles. The minimum atomic E-state index is -0.305. The molecule has 0 atom stereocenters. The van der Waals surface area contributed by atoms with Crippen LogP contribution in [0.3, 0.4) is 0 Å². The second kappa shape index (κ2) is 4.91. The quantitative estimate of drug-likeness (QED) is 0.762. The fraction of sp³-hybridized carbons (Fsp3) is 0.308. The second-order valence-corrected chi connectivity index (χ2v) is 3.75. The van der Waals surface area contributed by atoms with Crippen LogP contribution in [0.5, 0.6) is 0 Å². The largest absolute Gasteiger partial charge is 0.464 e. The molecule has 17 heavy (non-hydrogen) atoms. The van der Waals surface area contributed by atoms with E-state index in [1.54, 1.807) is 13.0 Å². The molecule has 0 radical (unpaired) electrons. The number of aromatic nitrogens is 1. The first-order valence-electron chi connectivity index (χ1n) is 5.58. The van der Waals surface area contributed by atoms with Gasteiger partial charge < -0.3 is 13.7 Å². The third-order valence-corrected chi connectivity index (χ3v) is 2.44. The number of hydrogen-bond donors (Lipinski definition) is 0. The zero-order valence-electron chi connectivity index (χ0n) is 9.97. The molecular formula is C13H15NO3. The van der Waals surface area contributed by atoms with Gasteiger partial charge in [0.25, 0.3) is 0 Å². The van der Waals surface area contributed by atoms with E-state index in [2.05, 4.69) is 0 Å². The maximum atomic E-state index is 11.6. The smallest absolute Gasteiger partial charge is 0.354 e. The number of nitrogens with zero attached hydrogens (tertiary/aromatic N) is 1. The molecule has 4 nitrogen and oxygen atoms in total. The van der Waals surface area contributed by atoms with Crippen LogP contribution in [0, 0.1) is 6.92 Å². The Morgan fingerprint density at radius 3 is 2.88 bits per heavy atom. The lowest BCUT2D eigenvalue weighted by Crippen LogP contribution is -2.12. The zero-order chi connectivity index (χ0) is 12.3. The average Bonchev–Trinajstić information content (AvgIpc) is 2.89. The summed E-state index contributed by atoms with van der Waals surface area (Å²) in [6.07, 6.45) is 1.84. The van der Waals surface area contributed by atoms with Crippen molar-refractivity contribution < 1.29 is 13.9 Å². The average molecular weight is 233 g/mol. The van der Waals surface area contributed by atoms with Crippen LogP contribution in [0.1, 0.15) is 28.9 Å². The SMILES string of the molecule is CCOC(=O)c1cccn1Cc1ccc(C)o1. The molecule has 90 valence electrons. The second-order valence-electron chi connectivity index (χ2n) is 3.75. The Hall–Kier alpha value is -1.97. The van der Waals surface area contributed by atoms with Crippen molar-refractivity contribution in [3.8, 4) is 0 Å². The maximum absolute atomic E-state index is 11.6. The molecule has 0 saturated heterocycles. The molecule has 4 heteroatoms. The highest BCUT2D eigenvalue weighted by Crippen LogP contribution is 2.11. The topological polar surface area (TPSA) is 44.4 Å². The predicted molar refractivity (Wildman–Crippen MR) is 62.9 cm³/mol. The number of carbonyl (C=O) groups excluding carboxylic acids is 1. The first-order valence-corrected chi connectivity index (χ1v) is 5.58. The molecule has 0 unspecified atom stereocenters. The first kappa shape index (κ1) is 11.5. The Bertz CT molecular complexity index is 510. The van der Waals surface area contributed by atoms with Crippen molar-refractivity contribution in [3.05, 3.63) is 47.7 Å². The van der Waals surface area contributed by atoms with Crippen molar-refractivity contribution in [2.24, 2.45) is 0 Å². The van der Waals surface area contributed by atoms with E-state index in [0.29, 0.717) is 18.8 Å². The lowest BCUT2D eigenvalue weighted by atomic mass is 10.4. The van der Waals surface area contributed by atoms with E-state index in [1.807, 2.05) is 35.9 Å². The summed E-state index contributed by atoms with van der Waals surface area (Å²) in [5.41, 5.74) is 0.543. The summed E-state index contributed by atoms with van der Waals surface area (Å²) in [5, 5.41) is 0. The van der Waals surface area contributed by atoms with Gasteiger partial charge in [-0.15, -0.1) is 0 Å². The summed E-state index contributed by atoms with van der Waals surface area (Å²) in [5.74, 6) is 1.38. The predicted octanol–water partition coefficient (Wildman–Crippen LogP) is 2.61. The van der Waals surface area contributed by atoms with Gasteiger partial charge in [0, 0.05) is 6.20 Å². The van der Waals surface area contributed by atoms with Gasteiger partial charge in [-0.3, -0.25) is 0 Å². The number of esters is 1. The van der Waals surface area contributed by atoms with E-state index in [9.17, 15) is 4.79 Å². The molecule has 0 spiro atoms. The number of carbonyl (C=O) groups is 1. The molecule has 0 aliphatic rings. The Balaban J connectivity index is 2.16. The van der Waals surface area contributed by atoms with Gasteiger partial charge in [-0.25, -0.2) is 4.79 Å². The molecule has 0 aromatic carbocycles. The van der Waals surface area contributed by atoms with Crippen molar-refractivity contribution in [1.29, 1.82) is 0 Å². The molecule has 2 aromatic heterocycles. The van der Waals surface area contributed by atoms with Crippen LogP contribution in [-0.2, 0) is 11.3 Å². The van der Waals surface area contributed by atoms with Gasteiger partial charge in [0.1, 0.15) is 17.2 Å². The van der Waals surface area contributed by atoms with E-state index in [1.165, 1.54) is 0 Å². The van der Waals surface area contributed by atoms with Crippen LogP contribution in [-0.4, -0.2) is 17.1 Å². The number of ether oxygens (including phenoxy) is 1. The summed E-state index contributed by atoms with van der Waals surface area (Å²) < 4.78 is 12.3. The van der Waals surface area contributed by atoms with E-state index in [-0.39, 0.29) is 5.97 Å². The van der Waals surface area contributed by atoms with Crippen LogP contribution in [0.15, 0.2) is 34.9 Å². The van der Waals surface area contributed by atoms with Crippen molar-refractivity contribution in [2.45, 2.75) is 20.4 Å². The molecule has 2 aromatic rings. The van der Waals surface area contributed by atoms with Crippen molar-refractivity contribution in [2.75, 3.05) is 6.61 Å². The van der Waals surface area contributed by atoms with Gasteiger partial charge in [0.2, 0.25) is 0 Å². The maximum Gasteiger partial charge on any atom is 0.354 e. The van der Waals surface area contributed by atoms with E-state index >= 15 is 0 Å². The summed E-state index contributed by atoms with van der Waals surface area (Å²) in [6.45, 7) is 4.60. The Kier molecular flexibility index (Phi) is 3.32.